The van der Waals surface area contributed by atoms with Crippen LogP contribution in [0.25, 0.3) is 0 Å². The first-order valence-corrected chi connectivity index (χ1v) is 7.21. The molecule has 0 saturated heterocycles. The number of hydrogen-bond acceptors (Lipinski definition) is 3. The number of rotatable bonds is 7. The van der Waals surface area contributed by atoms with Gasteiger partial charge in [-0.3, -0.25) is 9.48 Å². The minimum atomic E-state index is -0.0529. The molecule has 0 fully saturated rings. The fourth-order valence-corrected chi connectivity index (χ4v) is 2.15. The second kappa shape index (κ2) is 9.23. The van der Waals surface area contributed by atoms with Crippen molar-refractivity contribution in [2.75, 3.05) is 20.1 Å². The molecule has 1 aromatic carbocycles. The van der Waals surface area contributed by atoms with Gasteiger partial charge in [-0.25, -0.2) is 0 Å². The Kier molecular flexibility index (Phi) is 7.63. The van der Waals surface area contributed by atoms with Crippen LogP contribution >= 0.6 is 12.4 Å². The lowest BCUT2D eigenvalue weighted by Crippen LogP contribution is -2.27. The molecule has 1 amide bonds. The molecule has 120 valence electrons. The average molecular weight is 323 g/mol. The maximum Gasteiger partial charge on any atom is 0.254 e. The topological polar surface area (TPSA) is 58.9 Å². The van der Waals surface area contributed by atoms with Gasteiger partial charge < -0.3 is 10.6 Å². The SMILES string of the molecule is CNCCCNC(=O)c1cnn(Cc2ccccc2)c1C.Cl. The van der Waals surface area contributed by atoms with Gasteiger partial charge in [0.2, 0.25) is 0 Å². The molecule has 5 nitrogen and oxygen atoms in total. The van der Waals surface area contributed by atoms with E-state index in [4.69, 9.17) is 0 Å². The number of nitrogens with zero attached hydrogens (tertiary/aromatic N) is 2. The van der Waals surface area contributed by atoms with Crippen molar-refractivity contribution in [2.24, 2.45) is 0 Å². The maximum atomic E-state index is 12.1. The van der Waals surface area contributed by atoms with Gasteiger partial charge in [0, 0.05) is 12.2 Å². The van der Waals surface area contributed by atoms with Gasteiger partial charge in [0.15, 0.2) is 0 Å². The van der Waals surface area contributed by atoms with E-state index in [9.17, 15) is 4.79 Å². The summed E-state index contributed by atoms with van der Waals surface area (Å²) in [6, 6.07) is 10.1. The molecule has 2 aromatic rings. The number of aromatic nitrogens is 2. The number of halogens is 1. The summed E-state index contributed by atoms with van der Waals surface area (Å²) >= 11 is 0. The molecular weight excluding hydrogens is 300 g/mol. The Balaban J connectivity index is 0.00000242. The zero-order chi connectivity index (χ0) is 15.1. The van der Waals surface area contributed by atoms with Crippen molar-refractivity contribution in [3.63, 3.8) is 0 Å². The fourth-order valence-electron chi connectivity index (χ4n) is 2.15. The molecule has 0 aliphatic rings. The Bertz CT molecular complexity index is 583. The van der Waals surface area contributed by atoms with Crippen LogP contribution in [0.1, 0.15) is 28.0 Å². The molecule has 0 atom stereocenters. The predicted octanol–water partition coefficient (Wildman–Crippen LogP) is 2.00. The van der Waals surface area contributed by atoms with Crippen LogP contribution in [0, 0.1) is 6.92 Å². The van der Waals surface area contributed by atoms with Crippen LogP contribution in [0.2, 0.25) is 0 Å². The molecular formula is C16H23ClN4O. The third kappa shape index (κ3) is 4.86. The van der Waals surface area contributed by atoms with E-state index in [1.165, 1.54) is 5.56 Å². The first kappa shape index (κ1) is 18.2. The lowest BCUT2D eigenvalue weighted by atomic mass is 10.2. The molecule has 0 saturated carbocycles. The summed E-state index contributed by atoms with van der Waals surface area (Å²) in [5, 5.41) is 10.3. The molecule has 0 aliphatic carbocycles. The van der Waals surface area contributed by atoms with E-state index in [0.717, 1.165) is 18.7 Å². The summed E-state index contributed by atoms with van der Waals surface area (Å²) in [7, 11) is 1.90. The highest BCUT2D eigenvalue weighted by Crippen LogP contribution is 2.10. The minimum absolute atomic E-state index is 0. The van der Waals surface area contributed by atoms with Gasteiger partial charge in [0.1, 0.15) is 0 Å². The summed E-state index contributed by atoms with van der Waals surface area (Å²) in [5.74, 6) is -0.0529. The quantitative estimate of drug-likeness (QED) is 0.767. The Labute approximate surface area is 137 Å². The van der Waals surface area contributed by atoms with E-state index >= 15 is 0 Å². The number of benzene rings is 1. The molecule has 0 spiro atoms. The third-order valence-electron chi connectivity index (χ3n) is 3.41. The van der Waals surface area contributed by atoms with Crippen LogP contribution in [-0.4, -0.2) is 35.8 Å². The maximum absolute atomic E-state index is 12.1. The highest BCUT2D eigenvalue weighted by atomic mass is 35.5. The van der Waals surface area contributed by atoms with Crippen LogP contribution in [0.4, 0.5) is 0 Å². The summed E-state index contributed by atoms with van der Waals surface area (Å²) in [6.45, 7) is 4.17. The second-order valence-corrected chi connectivity index (χ2v) is 5.00. The van der Waals surface area contributed by atoms with E-state index in [1.807, 2.05) is 36.9 Å². The molecule has 0 unspecified atom stereocenters. The monoisotopic (exact) mass is 322 g/mol. The van der Waals surface area contributed by atoms with Crippen molar-refractivity contribution in [3.8, 4) is 0 Å². The zero-order valence-corrected chi connectivity index (χ0v) is 13.8. The lowest BCUT2D eigenvalue weighted by molar-refractivity contribution is 0.0952. The predicted molar refractivity (Wildman–Crippen MR) is 90.6 cm³/mol. The summed E-state index contributed by atoms with van der Waals surface area (Å²) in [4.78, 5) is 12.1. The summed E-state index contributed by atoms with van der Waals surface area (Å²) < 4.78 is 1.86. The van der Waals surface area contributed by atoms with Crippen LogP contribution in [0.3, 0.4) is 0 Å². The minimum Gasteiger partial charge on any atom is -0.352 e. The van der Waals surface area contributed by atoms with Crippen LogP contribution in [0.5, 0.6) is 0 Å². The molecule has 2 N–H and O–H groups in total. The number of amides is 1. The summed E-state index contributed by atoms with van der Waals surface area (Å²) in [6.07, 6.45) is 2.56. The second-order valence-electron chi connectivity index (χ2n) is 5.00. The van der Waals surface area contributed by atoms with Crippen LogP contribution in [0.15, 0.2) is 36.5 Å². The van der Waals surface area contributed by atoms with Crippen molar-refractivity contribution < 1.29 is 4.79 Å². The number of carbonyl (C=O) groups excluding carboxylic acids is 1. The van der Waals surface area contributed by atoms with E-state index in [-0.39, 0.29) is 18.3 Å². The van der Waals surface area contributed by atoms with Gasteiger partial charge in [-0.15, -0.1) is 12.4 Å². The highest BCUT2D eigenvalue weighted by molar-refractivity contribution is 5.95. The zero-order valence-electron chi connectivity index (χ0n) is 13.0. The first-order chi connectivity index (χ1) is 10.2. The number of carbonyl (C=O) groups is 1. The van der Waals surface area contributed by atoms with Gasteiger partial charge in [-0.1, -0.05) is 30.3 Å². The Morgan fingerprint density at radius 1 is 1.23 bits per heavy atom. The molecule has 0 bridgehead atoms. The van der Waals surface area contributed by atoms with Crippen molar-refractivity contribution in [2.45, 2.75) is 19.9 Å². The third-order valence-corrected chi connectivity index (χ3v) is 3.41. The fraction of sp³-hybridized carbons (Fsp3) is 0.375. The van der Waals surface area contributed by atoms with Gasteiger partial charge in [0.25, 0.3) is 5.91 Å². The Morgan fingerprint density at radius 2 is 1.95 bits per heavy atom. The van der Waals surface area contributed by atoms with Gasteiger partial charge in [-0.05, 0) is 32.5 Å². The normalized spacial score (nSPS) is 10.1. The smallest absolute Gasteiger partial charge is 0.254 e. The standard InChI is InChI=1S/C16H22N4O.ClH/c1-13-15(16(21)18-10-6-9-17-2)11-19-20(13)12-14-7-4-3-5-8-14;/h3-5,7-8,11,17H,6,9-10,12H2,1-2H3,(H,18,21);1H. The van der Waals surface area contributed by atoms with Gasteiger partial charge in [-0.2, -0.15) is 5.10 Å². The molecule has 2 rings (SSSR count). The van der Waals surface area contributed by atoms with Gasteiger partial charge in [0.05, 0.1) is 18.3 Å². The first-order valence-electron chi connectivity index (χ1n) is 7.21. The molecule has 1 heterocycles. The van der Waals surface area contributed by atoms with Crippen molar-refractivity contribution in [1.82, 2.24) is 20.4 Å². The summed E-state index contributed by atoms with van der Waals surface area (Å²) in [5.41, 5.74) is 2.71. The average Bonchev–Trinajstić information content (AvgIpc) is 2.86. The Hall–Kier alpha value is -1.85. The molecule has 0 radical (unpaired) electrons. The largest absolute Gasteiger partial charge is 0.352 e. The molecule has 0 aliphatic heterocycles. The van der Waals surface area contributed by atoms with E-state index < -0.39 is 0 Å². The number of nitrogens with one attached hydrogen (secondary N) is 2. The van der Waals surface area contributed by atoms with E-state index in [1.54, 1.807) is 6.20 Å². The van der Waals surface area contributed by atoms with E-state index in [2.05, 4.69) is 27.9 Å². The van der Waals surface area contributed by atoms with Crippen molar-refractivity contribution in [1.29, 1.82) is 0 Å². The van der Waals surface area contributed by atoms with Gasteiger partial charge >= 0.3 is 0 Å². The Morgan fingerprint density at radius 3 is 2.64 bits per heavy atom. The number of hydrogen-bond donors (Lipinski definition) is 2. The molecule has 1 aromatic heterocycles. The van der Waals surface area contributed by atoms with Crippen molar-refractivity contribution >= 4 is 18.3 Å². The van der Waals surface area contributed by atoms with Crippen molar-refractivity contribution in [3.05, 3.63) is 53.3 Å². The van der Waals surface area contributed by atoms with Crippen LogP contribution in [-0.2, 0) is 6.54 Å². The lowest BCUT2D eigenvalue weighted by Gasteiger charge is -2.07. The van der Waals surface area contributed by atoms with E-state index in [0.29, 0.717) is 18.7 Å². The highest BCUT2D eigenvalue weighted by Gasteiger charge is 2.13. The van der Waals surface area contributed by atoms with Crippen LogP contribution < -0.4 is 10.6 Å². The molecule has 6 heteroatoms. The molecule has 22 heavy (non-hydrogen) atoms.